The number of carbonyl (C=O) groups excluding carboxylic acids is 1. The number of thiazole rings is 1. The van der Waals surface area contributed by atoms with Gasteiger partial charge in [0, 0.05) is 30.0 Å². The molecule has 0 atom stereocenters. The molecule has 0 spiro atoms. The Balaban J connectivity index is 1.43. The lowest BCUT2D eigenvalue weighted by Crippen LogP contribution is -2.36. The van der Waals surface area contributed by atoms with Crippen molar-refractivity contribution in [3.05, 3.63) is 94.0 Å². The molecule has 1 aromatic heterocycles. The van der Waals surface area contributed by atoms with Crippen LogP contribution < -0.4 is 9.47 Å². The topological polar surface area (TPSA) is 61.5 Å². The second-order valence-corrected chi connectivity index (χ2v) is 12.8. The molecule has 0 bridgehead atoms. The molecule has 0 saturated carbocycles. The first-order valence-corrected chi connectivity index (χ1v) is 14.9. The molecule has 5 rings (SSSR count). The van der Waals surface area contributed by atoms with E-state index in [1.54, 1.807) is 23.1 Å². The van der Waals surface area contributed by atoms with Crippen LogP contribution in [0.4, 0.5) is 5.69 Å². The second-order valence-electron chi connectivity index (χ2n) is 10.7. The maximum absolute atomic E-state index is 11.2. The molecule has 0 radical (unpaired) electrons. The van der Waals surface area contributed by atoms with Crippen LogP contribution >= 0.6 is 23.1 Å². The maximum Gasteiger partial charge on any atom is 0.309 e. The van der Waals surface area contributed by atoms with Gasteiger partial charge in [-0.2, -0.15) is 4.57 Å². The first-order chi connectivity index (χ1) is 18.8. The summed E-state index contributed by atoms with van der Waals surface area (Å²) < 4.78 is 3.25. The normalized spacial score (nSPS) is 18.7. The lowest BCUT2D eigenvalue weighted by Gasteiger charge is -2.31. The number of benzene rings is 2. The van der Waals surface area contributed by atoms with Crippen LogP contribution in [0.15, 0.2) is 93.9 Å². The molecule has 2 aromatic carbocycles. The Morgan fingerprint density at radius 2 is 1.92 bits per heavy atom. The molecule has 0 saturated heterocycles. The third-order valence-electron chi connectivity index (χ3n) is 6.89. The summed E-state index contributed by atoms with van der Waals surface area (Å²) in [7, 11) is 0. The zero-order chi connectivity index (χ0) is 27.4. The van der Waals surface area contributed by atoms with Gasteiger partial charge in [0.2, 0.25) is 5.52 Å². The van der Waals surface area contributed by atoms with Crippen molar-refractivity contribution in [2.45, 2.75) is 51.0 Å². The van der Waals surface area contributed by atoms with Crippen molar-refractivity contribution < 1.29 is 19.3 Å². The molecule has 200 valence electrons. The molecule has 39 heavy (non-hydrogen) atoms. The average Bonchev–Trinajstić information content (AvgIpc) is 3.42. The number of hydrogen-bond acceptors (Lipinski definition) is 5. The van der Waals surface area contributed by atoms with Crippen molar-refractivity contribution >= 4 is 57.3 Å². The average molecular weight is 558 g/mol. The van der Waals surface area contributed by atoms with Crippen LogP contribution in [0.25, 0.3) is 16.3 Å². The highest BCUT2D eigenvalue weighted by Crippen LogP contribution is 2.47. The number of carboxylic acid groups (broad SMARTS) is 1. The molecule has 2 heterocycles. The SMILES string of the molecule is CC1(C)CC(=CC=Cc2sc3ccccc3[n+]2CCC(=O)O)C=C(C=C2Sc3ccccc3N2CCC=O)C1. The first-order valence-electron chi connectivity index (χ1n) is 13.2. The molecule has 7 heteroatoms. The Labute approximate surface area is 237 Å². The summed E-state index contributed by atoms with van der Waals surface area (Å²) in [5.74, 6) is -0.792. The van der Waals surface area contributed by atoms with Crippen molar-refractivity contribution in [2.75, 3.05) is 11.4 Å². The molecular formula is C32H33N2O3S2+. The van der Waals surface area contributed by atoms with Gasteiger partial charge < -0.3 is 14.8 Å². The molecule has 0 unspecified atom stereocenters. The van der Waals surface area contributed by atoms with Crippen molar-refractivity contribution in [1.29, 1.82) is 0 Å². The highest BCUT2D eigenvalue weighted by atomic mass is 32.2. The summed E-state index contributed by atoms with van der Waals surface area (Å²) in [6.45, 7) is 5.74. The highest BCUT2D eigenvalue weighted by molar-refractivity contribution is 8.03. The zero-order valence-corrected chi connectivity index (χ0v) is 23.9. The van der Waals surface area contributed by atoms with Gasteiger partial charge in [-0.05, 0) is 53.7 Å². The Bertz CT molecular complexity index is 1530. The number of aromatic nitrogens is 1. The Kier molecular flexibility index (Phi) is 8.19. The number of carbonyl (C=O) groups is 2. The highest BCUT2D eigenvalue weighted by Gasteiger charge is 2.28. The van der Waals surface area contributed by atoms with Crippen molar-refractivity contribution in [3.63, 3.8) is 0 Å². The summed E-state index contributed by atoms with van der Waals surface area (Å²) in [5, 5.41) is 11.5. The number of aryl methyl sites for hydroxylation is 1. The minimum absolute atomic E-state index is 0.0913. The smallest absolute Gasteiger partial charge is 0.309 e. The maximum atomic E-state index is 11.2. The number of nitrogens with zero attached hydrogens (tertiary/aromatic N) is 2. The summed E-state index contributed by atoms with van der Waals surface area (Å²) in [5.41, 5.74) is 4.93. The van der Waals surface area contributed by atoms with Gasteiger partial charge in [-0.3, -0.25) is 4.79 Å². The van der Waals surface area contributed by atoms with E-state index in [1.807, 2.05) is 24.3 Å². The zero-order valence-electron chi connectivity index (χ0n) is 22.3. The van der Waals surface area contributed by atoms with Gasteiger partial charge in [-0.25, -0.2) is 0 Å². The number of hydrogen-bond donors (Lipinski definition) is 1. The number of thioether (sulfide) groups is 1. The van der Waals surface area contributed by atoms with Crippen LogP contribution in [-0.4, -0.2) is 23.9 Å². The quantitative estimate of drug-likeness (QED) is 0.220. The van der Waals surface area contributed by atoms with Crippen molar-refractivity contribution in [2.24, 2.45) is 5.41 Å². The number of fused-ring (bicyclic) bond motifs is 2. The summed E-state index contributed by atoms with van der Waals surface area (Å²) in [6, 6.07) is 16.5. The van der Waals surface area contributed by atoms with E-state index in [0.29, 0.717) is 19.5 Å². The number of allylic oxidation sites excluding steroid dienone is 6. The van der Waals surface area contributed by atoms with Crippen LogP contribution in [0.5, 0.6) is 0 Å². The van der Waals surface area contributed by atoms with E-state index in [9.17, 15) is 14.7 Å². The largest absolute Gasteiger partial charge is 0.481 e. The summed E-state index contributed by atoms with van der Waals surface area (Å²) in [4.78, 5) is 25.9. The minimum Gasteiger partial charge on any atom is -0.481 e. The molecule has 0 fully saturated rings. The first kappa shape index (κ1) is 27.2. The fourth-order valence-electron chi connectivity index (χ4n) is 5.31. The van der Waals surface area contributed by atoms with Crippen molar-refractivity contribution in [1.82, 2.24) is 0 Å². The monoisotopic (exact) mass is 557 g/mol. The number of para-hydroxylation sites is 2. The minimum atomic E-state index is -0.792. The van der Waals surface area contributed by atoms with E-state index < -0.39 is 5.97 Å². The molecular weight excluding hydrogens is 524 g/mol. The fraction of sp³-hybridized carbons (Fsp3) is 0.281. The van der Waals surface area contributed by atoms with Gasteiger partial charge in [-0.15, -0.1) is 0 Å². The molecule has 1 aliphatic heterocycles. The number of anilines is 1. The van der Waals surface area contributed by atoms with Gasteiger partial charge in [0.25, 0.3) is 5.01 Å². The summed E-state index contributed by atoms with van der Waals surface area (Å²) in [6.07, 6.45) is 14.5. The van der Waals surface area contributed by atoms with E-state index in [-0.39, 0.29) is 11.8 Å². The van der Waals surface area contributed by atoms with Gasteiger partial charge in [0.05, 0.1) is 10.7 Å². The fourth-order valence-corrected chi connectivity index (χ4v) is 7.57. The number of aliphatic carboxylic acids is 1. The Hall–Kier alpha value is -3.42. The predicted octanol–water partition coefficient (Wildman–Crippen LogP) is 7.39. The van der Waals surface area contributed by atoms with Crippen LogP contribution in [0.3, 0.4) is 0 Å². The van der Waals surface area contributed by atoms with Crippen LogP contribution in [0, 0.1) is 5.41 Å². The van der Waals surface area contributed by atoms with E-state index in [0.717, 1.165) is 34.4 Å². The molecule has 5 nitrogen and oxygen atoms in total. The number of rotatable bonds is 9. The van der Waals surface area contributed by atoms with Gasteiger partial charge in [0.1, 0.15) is 17.4 Å². The standard InChI is InChI=1S/C32H32N2O3S2/c1-32(2)21-23(9-7-14-29-34(17-15-31(36)37)26-11-4-5-12-27(26)38-29)19-24(22-32)20-30-33(16-8-18-35)25-10-3-6-13-28(25)39-30/h3-7,9-14,18-20H,8,15-17,21-22H2,1-2H3/p+1. The third kappa shape index (κ3) is 6.43. The van der Waals surface area contributed by atoms with E-state index in [1.165, 1.54) is 26.8 Å². The lowest BCUT2D eigenvalue weighted by atomic mass is 9.75. The summed E-state index contributed by atoms with van der Waals surface area (Å²) >= 11 is 3.45. The van der Waals surface area contributed by atoms with Crippen LogP contribution in [0.2, 0.25) is 0 Å². The second kappa shape index (κ2) is 11.8. The lowest BCUT2D eigenvalue weighted by molar-refractivity contribution is -0.667. The third-order valence-corrected chi connectivity index (χ3v) is 9.13. The van der Waals surface area contributed by atoms with E-state index in [2.05, 4.69) is 78.0 Å². The Morgan fingerprint density at radius 3 is 2.74 bits per heavy atom. The predicted molar refractivity (Wildman–Crippen MR) is 161 cm³/mol. The van der Waals surface area contributed by atoms with Gasteiger partial charge in [-0.1, -0.05) is 79.4 Å². The van der Waals surface area contributed by atoms with Crippen LogP contribution in [-0.2, 0) is 16.1 Å². The molecule has 1 N–H and O–H groups in total. The number of aldehydes is 1. The van der Waals surface area contributed by atoms with E-state index in [4.69, 9.17) is 0 Å². The van der Waals surface area contributed by atoms with Gasteiger partial charge >= 0.3 is 5.97 Å². The number of carboxylic acids is 1. The molecule has 2 aliphatic rings. The van der Waals surface area contributed by atoms with E-state index >= 15 is 0 Å². The molecule has 3 aromatic rings. The van der Waals surface area contributed by atoms with Gasteiger partial charge in [0.15, 0.2) is 6.54 Å². The molecule has 0 amide bonds. The Morgan fingerprint density at radius 1 is 1.13 bits per heavy atom. The molecule has 1 aliphatic carbocycles. The van der Waals surface area contributed by atoms with Crippen molar-refractivity contribution in [3.8, 4) is 0 Å². The van der Waals surface area contributed by atoms with Crippen LogP contribution in [0.1, 0.15) is 44.5 Å².